The Labute approximate surface area is 157 Å². The van der Waals surface area contributed by atoms with Crippen molar-refractivity contribution in [1.29, 1.82) is 0 Å². The average Bonchev–Trinajstić information content (AvgIpc) is 3.15. The van der Waals surface area contributed by atoms with Crippen LogP contribution in [0.5, 0.6) is 0 Å². The maximum atomic E-state index is 4.77. The zero-order valence-corrected chi connectivity index (χ0v) is 14.9. The molecular formula is C24H19N3. The van der Waals surface area contributed by atoms with Gasteiger partial charge in [-0.3, -0.25) is 4.98 Å². The van der Waals surface area contributed by atoms with Gasteiger partial charge in [-0.05, 0) is 58.1 Å². The van der Waals surface area contributed by atoms with Gasteiger partial charge in [-0.25, -0.2) is 4.98 Å². The molecule has 0 atom stereocenters. The third-order valence-corrected chi connectivity index (χ3v) is 5.06. The number of nitrogens with zero attached hydrogens (tertiary/aromatic N) is 2. The van der Waals surface area contributed by atoms with Crippen LogP contribution in [0.4, 0.5) is 0 Å². The zero-order valence-electron chi connectivity index (χ0n) is 14.9. The molecule has 0 fully saturated rings. The number of aryl methyl sites for hydroxylation is 2. The lowest BCUT2D eigenvalue weighted by atomic mass is 10.0. The molecule has 0 aliphatic heterocycles. The fourth-order valence-corrected chi connectivity index (χ4v) is 3.67. The minimum absolute atomic E-state index is 0.896. The molecule has 0 aliphatic rings. The van der Waals surface area contributed by atoms with E-state index in [1.54, 1.807) is 0 Å². The van der Waals surface area contributed by atoms with E-state index in [4.69, 9.17) is 4.98 Å². The molecule has 0 amide bonds. The third-order valence-electron chi connectivity index (χ3n) is 5.06. The van der Waals surface area contributed by atoms with Gasteiger partial charge in [0.15, 0.2) is 0 Å². The molecule has 130 valence electrons. The molecule has 0 saturated carbocycles. The zero-order chi connectivity index (χ0) is 18.1. The minimum atomic E-state index is 0.896. The van der Waals surface area contributed by atoms with E-state index in [0.717, 1.165) is 29.7 Å². The summed E-state index contributed by atoms with van der Waals surface area (Å²) < 4.78 is 0. The molecule has 27 heavy (non-hydrogen) atoms. The number of fused-ring (bicyclic) bond motifs is 2. The molecule has 1 N–H and O–H groups in total. The summed E-state index contributed by atoms with van der Waals surface area (Å²) in [5.41, 5.74) is 5.80. The second-order valence-corrected chi connectivity index (χ2v) is 6.79. The number of rotatable bonds is 4. The Hall–Kier alpha value is -3.46. The number of nitrogens with one attached hydrogen (secondary N) is 1. The molecule has 3 aromatic carbocycles. The standard InChI is InChI=1S/C24H19N3/c1-2-7-21-18(4-1)5-3-6-19(21)9-11-24-26-22-10-8-20(16-23(22)27-24)17-12-14-25-15-13-17/h1-8,10,12-16H,9,11H2,(H,26,27). The van der Waals surface area contributed by atoms with Crippen LogP contribution < -0.4 is 0 Å². The van der Waals surface area contributed by atoms with Crippen LogP contribution in [-0.2, 0) is 12.8 Å². The summed E-state index contributed by atoms with van der Waals surface area (Å²) in [7, 11) is 0. The van der Waals surface area contributed by atoms with Gasteiger partial charge in [0.2, 0.25) is 0 Å². The molecule has 5 rings (SSSR count). The normalized spacial score (nSPS) is 11.3. The van der Waals surface area contributed by atoms with Gasteiger partial charge in [-0.15, -0.1) is 0 Å². The summed E-state index contributed by atoms with van der Waals surface area (Å²) in [6, 6.07) is 25.5. The summed E-state index contributed by atoms with van der Waals surface area (Å²) in [5, 5.41) is 2.62. The fourth-order valence-electron chi connectivity index (χ4n) is 3.67. The smallest absolute Gasteiger partial charge is 0.107 e. The molecule has 3 nitrogen and oxygen atoms in total. The molecule has 3 heteroatoms. The summed E-state index contributed by atoms with van der Waals surface area (Å²) >= 11 is 0. The van der Waals surface area contributed by atoms with Crippen LogP contribution >= 0.6 is 0 Å². The van der Waals surface area contributed by atoms with Gasteiger partial charge in [-0.2, -0.15) is 0 Å². The van der Waals surface area contributed by atoms with Crippen molar-refractivity contribution in [2.45, 2.75) is 12.8 Å². The SMILES string of the molecule is c1ccc2c(CCc3nc4ccc(-c5ccncc5)cc4[nH]3)cccc2c1. The van der Waals surface area contributed by atoms with Gasteiger partial charge in [0.1, 0.15) is 5.82 Å². The van der Waals surface area contributed by atoms with E-state index in [2.05, 4.69) is 70.6 Å². The van der Waals surface area contributed by atoms with Gasteiger partial charge in [-0.1, -0.05) is 48.5 Å². The Bertz CT molecular complexity index is 1220. The van der Waals surface area contributed by atoms with Gasteiger partial charge < -0.3 is 4.98 Å². The monoisotopic (exact) mass is 349 g/mol. The number of imidazole rings is 1. The van der Waals surface area contributed by atoms with Crippen molar-refractivity contribution in [3.63, 3.8) is 0 Å². The van der Waals surface area contributed by atoms with Crippen molar-refractivity contribution in [3.05, 3.63) is 96.6 Å². The highest BCUT2D eigenvalue weighted by molar-refractivity contribution is 5.85. The summed E-state index contributed by atoms with van der Waals surface area (Å²) in [5.74, 6) is 1.03. The molecule has 2 aromatic heterocycles. The average molecular weight is 349 g/mol. The number of hydrogen-bond acceptors (Lipinski definition) is 2. The minimum Gasteiger partial charge on any atom is -0.342 e. The van der Waals surface area contributed by atoms with Crippen molar-refractivity contribution in [3.8, 4) is 11.1 Å². The van der Waals surface area contributed by atoms with Crippen LogP contribution in [0, 0.1) is 0 Å². The van der Waals surface area contributed by atoms with Crippen molar-refractivity contribution in [2.24, 2.45) is 0 Å². The molecule has 2 heterocycles. The van der Waals surface area contributed by atoms with Gasteiger partial charge in [0.25, 0.3) is 0 Å². The highest BCUT2D eigenvalue weighted by Gasteiger charge is 2.07. The van der Waals surface area contributed by atoms with Gasteiger partial charge >= 0.3 is 0 Å². The van der Waals surface area contributed by atoms with E-state index in [-0.39, 0.29) is 0 Å². The molecule has 0 saturated heterocycles. The summed E-state index contributed by atoms with van der Waals surface area (Å²) in [6.45, 7) is 0. The maximum Gasteiger partial charge on any atom is 0.107 e. The van der Waals surface area contributed by atoms with Crippen LogP contribution in [0.15, 0.2) is 85.2 Å². The lowest BCUT2D eigenvalue weighted by Crippen LogP contribution is -1.94. The Morgan fingerprint density at radius 1 is 0.741 bits per heavy atom. The highest BCUT2D eigenvalue weighted by Crippen LogP contribution is 2.24. The fraction of sp³-hybridized carbons (Fsp3) is 0.0833. The molecule has 0 aliphatic carbocycles. The van der Waals surface area contributed by atoms with Gasteiger partial charge in [0.05, 0.1) is 11.0 Å². The van der Waals surface area contributed by atoms with Crippen LogP contribution in [0.1, 0.15) is 11.4 Å². The Morgan fingerprint density at radius 3 is 2.52 bits per heavy atom. The maximum absolute atomic E-state index is 4.77. The van der Waals surface area contributed by atoms with E-state index in [1.807, 2.05) is 24.5 Å². The number of hydrogen-bond donors (Lipinski definition) is 1. The van der Waals surface area contributed by atoms with Crippen LogP contribution in [0.3, 0.4) is 0 Å². The molecule has 0 radical (unpaired) electrons. The second-order valence-electron chi connectivity index (χ2n) is 6.79. The quantitative estimate of drug-likeness (QED) is 0.461. The Kier molecular flexibility index (Phi) is 3.91. The van der Waals surface area contributed by atoms with E-state index >= 15 is 0 Å². The number of aromatic amines is 1. The summed E-state index contributed by atoms with van der Waals surface area (Å²) in [6.07, 6.45) is 5.51. The molecular weight excluding hydrogens is 330 g/mol. The largest absolute Gasteiger partial charge is 0.342 e. The molecule has 5 aromatic rings. The van der Waals surface area contributed by atoms with Crippen LogP contribution in [0.25, 0.3) is 32.9 Å². The van der Waals surface area contributed by atoms with Crippen LogP contribution in [0.2, 0.25) is 0 Å². The van der Waals surface area contributed by atoms with Crippen molar-refractivity contribution in [2.75, 3.05) is 0 Å². The van der Waals surface area contributed by atoms with E-state index in [1.165, 1.54) is 27.5 Å². The van der Waals surface area contributed by atoms with Crippen molar-refractivity contribution < 1.29 is 0 Å². The van der Waals surface area contributed by atoms with E-state index < -0.39 is 0 Å². The first kappa shape index (κ1) is 15.8. The number of aromatic nitrogens is 3. The Balaban J connectivity index is 1.42. The molecule has 0 unspecified atom stereocenters. The molecule has 0 spiro atoms. The summed E-state index contributed by atoms with van der Waals surface area (Å²) in [4.78, 5) is 12.4. The highest BCUT2D eigenvalue weighted by atomic mass is 14.9. The third kappa shape index (κ3) is 3.08. The number of H-pyrrole nitrogens is 1. The first-order valence-corrected chi connectivity index (χ1v) is 9.22. The van der Waals surface area contributed by atoms with Crippen molar-refractivity contribution in [1.82, 2.24) is 15.0 Å². The topological polar surface area (TPSA) is 41.6 Å². The lowest BCUT2D eigenvalue weighted by Gasteiger charge is -2.05. The predicted octanol–water partition coefficient (Wildman–Crippen LogP) is 5.56. The van der Waals surface area contributed by atoms with E-state index in [0.29, 0.717) is 0 Å². The van der Waals surface area contributed by atoms with Gasteiger partial charge in [0, 0.05) is 18.8 Å². The number of pyridine rings is 1. The predicted molar refractivity (Wildman–Crippen MR) is 111 cm³/mol. The van der Waals surface area contributed by atoms with Crippen molar-refractivity contribution >= 4 is 21.8 Å². The molecule has 0 bridgehead atoms. The number of benzene rings is 3. The first-order chi connectivity index (χ1) is 13.4. The lowest BCUT2D eigenvalue weighted by molar-refractivity contribution is 0.896. The van der Waals surface area contributed by atoms with Crippen LogP contribution in [-0.4, -0.2) is 15.0 Å². The Morgan fingerprint density at radius 2 is 1.59 bits per heavy atom. The second kappa shape index (κ2) is 6.69. The first-order valence-electron chi connectivity index (χ1n) is 9.22. The van der Waals surface area contributed by atoms with E-state index in [9.17, 15) is 0 Å².